The van der Waals surface area contributed by atoms with Gasteiger partial charge in [0.2, 0.25) is 0 Å². The lowest BCUT2D eigenvalue weighted by molar-refractivity contribution is -0.122. The van der Waals surface area contributed by atoms with E-state index in [1.807, 2.05) is 13.8 Å². The topological polar surface area (TPSA) is 57.5 Å². The van der Waals surface area contributed by atoms with Crippen molar-refractivity contribution in [3.05, 3.63) is 0 Å². The molecule has 0 spiro atoms. The summed E-state index contributed by atoms with van der Waals surface area (Å²) in [5, 5.41) is 17.3. The van der Waals surface area contributed by atoms with Gasteiger partial charge in [0.1, 0.15) is 5.78 Å². The molecule has 0 saturated heterocycles. The fraction of sp³-hybridized carbons (Fsp3) is 0.875. The zero-order chi connectivity index (χ0) is 8.85. The van der Waals surface area contributed by atoms with Gasteiger partial charge in [-0.1, -0.05) is 13.8 Å². The van der Waals surface area contributed by atoms with E-state index in [0.29, 0.717) is 12.8 Å². The Kier molecular flexibility index (Phi) is 5.07. The maximum Gasteiger partial charge on any atom is 0.135 e. The number of carbonyl (C=O) groups is 1. The number of rotatable bonds is 5. The molecule has 0 unspecified atom stereocenters. The summed E-state index contributed by atoms with van der Waals surface area (Å²) in [7, 11) is 0. The molecule has 0 aromatic carbocycles. The summed E-state index contributed by atoms with van der Waals surface area (Å²) in [6.45, 7) is 3.40. The van der Waals surface area contributed by atoms with Gasteiger partial charge in [-0.25, -0.2) is 0 Å². The van der Waals surface area contributed by atoms with E-state index in [1.54, 1.807) is 0 Å². The van der Waals surface area contributed by atoms with E-state index in [4.69, 9.17) is 10.2 Å². The van der Waals surface area contributed by atoms with Crippen LogP contribution in [0, 0.1) is 5.92 Å². The van der Waals surface area contributed by atoms with Crippen molar-refractivity contribution >= 4 is 5.78 Å². The predicted molar refractivity (Wildman–Crippen MR) is 42.2 cm³/mol. The molecule has 0 rings (SSSR count). The van der Waals surface area contributed by atoms with Gasteiger partial charge in [0, 0.05) is 12.3 Å². The normalized spacial score (nSPS) is 13.5. The van der Waals surface area contributed by atoms with Crippen molar-refractivity contribution < 1.29 is 15.0 Å². The predicted octanol–water partition coefficient (Wildman–Crippen LogP) is 0.345. The third kappa shape index (κ3) is 4.93. The van der Waals surface area contributed by atoms with Crippen molar-refractivity contribution in [3.8, 4) is 0 Å². The third-order valence-electron chi connectivity index (χ3n) is 1.58. The summed E-state index contributed by atoms with van der Waals surface area (Å²) in [5.41, 5.74) is 0. The van der Waals surface area contributed by atoms with Crippen LogP contribution < -0.4 is 0 Å². The zero-order valence-corrected chi connectivity index (χ0v) is 7.08. The third-order valence-corrected chi connectivity index (χ3v) is 1.58. The van der Waals surface area contributed by atoms with Crippen molar-refractivity contribution in [1.29, 1.82) is 0 Å². The number of Topliss-reactive ketones (excluding diaryl/α,β-unsaturated/α-hetero) is 1. The highest BCUT2D eigenvalue weighted by Gasteiger charge is 2.09. The molecule has 2 N–H and O–H groups in total. The van der Waals surface area contributed by atoms with Crippen LogP contribution in [0.5, 0.6) is 0 Å². The molecule has 1 atom stereocenters. The maximum atomic E-state index is 11.0. The number of aliphatic hydroxyl groups excluding tert-OH is 2. The fourth-order valence-corrected chi connectivity index (χ4v) is 0.689. The van der Waals surface area contributed by atoms with Crippen LogP contribution in [-0.2, 0) is 4.79 Å². The molecule has 0 aliphatic rings. The first-order chi connectivity index (χ1) is 5.07. The van der Waals surface area contributed by atoms with Crippen LogP contribution >= 0.6 is 0 Å². The summed E-state index contributed by atoms with van der Waals surface area (Å²) in [4.78, 5) is 11.0. The minimum absolute atomic E-state index is 0.0286. The van der Waals surface area contributed by atoms with Gasteiger partial charge in [-0.15, -0.1) is 0 Å². The first-order valence-corrected chi connectivity index (χ1v) is 3.89. The van der Waals surface area contributed by atoms with E-state index in [0.717, 1.165) is 0 Å². The lowest BCUT2D eigenvalue weighted by atomic mass is 10.0. The van der Waals surface area contributed by atoms with Crippen molar-refractivity contribution in [1.82, 2.24) is 0 Å². The summed E-state index contributed by atoms with van der Waals surface area (Å²) >= 11 is 0. The van der Waals surface area contributed by atoms with Crippen LogP contribution in [0.2, 0.25) is 0 Å². The second-order valence-corrected chi connectivity index (χ2v) is 3.00. The number of hydrogen-bond donors (Lipinski definition) is 2. The molecule has 11 heavy (non-hydrogen) atoms. The van der Waals surface area contributed by atoms with Gasteiger partial charge in [-0.05, 0) is 6.42 Å². The second kappa shape index (κ2) is 5.27. The molecule has 0 aromatic rings. The number of carbonyl (C=O) groups excluding carboxylic acids is 1. The average molecular weight is 160 g/mol. The minimum Gasteiger partial charge on any atom is -0.394 e. The summed E-state index contributed by atoms with van der Waals surface area (Å²) in [5.74, 6) is 0.165. The molecular formula is C8H16O3. The first kappa shape index (κ1) is 10.6. The van der Waals surface area contributed by atoms with Gasteiger partial charge in [-0.2, -0.15) is 0 Å². The highest BCUT2D eigenvalue weighted by molar-refractivity contribution is 5.80. The Morgan fingerprint density at radius 2 is 2.00 bits per heavy atom. The van der Waals surface area contributed by atoms with E-state index in [2.05, 4.69) is 0 Å². The Bertz CT molecular complexity index is 121. The van der Waals surface area contributed by atoms with E-state index in [-0.39, 0.29) is 18.3 Å². The van der Waals surface area contributed by atoms with Crippen LogP contribution in [-0.4, -0.2) is 28.7 Å². The van der Waals surface area contributed by atoms with Gasteiger partial charge < -0.3 is 10.2 Å². The molecule has 0 bridgehead atoms. The van der Waals surface area contributed by atoms with Crippen molar-refractivity contribution in [3.63, 3.8) is 0 Å². The molecule has 3 heteroatoms. The summed E-state index contributed by atoms with van der Waals surface area (Å²) in [6, 6.07) is 0. The Balaban J connectivity index is 3.46. The van der Waals surface area contributed by atoms with Crippen LogP contribution in [0.3, 0.4) is 0 Å². The number of ketones is 1. The van der Waals surface area contributed by atoms with Crippen molar-refractivity contribution in [2.75, 3.05) is 6.61 Å². The smallest absolute Gasteiger partial charge is 0.135 e. The van der Waals surface area contributed by atoms with E-state index in [9.17, 15) is 4.79 Å². The van der Waals surface area contributed by atoms with Crippen LogP contribution in [0.25, 0.3) is 0 Å². The maximum absolute atomic E-state index is 11.0. The Morgan fingerprint density at radius 3 is 2.36 bits per heavy atom. The molecular weight excluding hydrogens is 144 g/mol. The molecule has 0 radical (unpaired) electrons. The van der Waals surface area contributed by atoms with Crippen molar-refractivity contribution in [2.24, 2.45) is 5.92 Å². The monoisotopic (exact) mass is 160 g/mol. The molecule has 3 nitrogen and oxygen atoms in total. The Labute approximate surface area is 67.0 Å². The lowest BCUT2D eigenvalue weighted by Gasteiger charge is -2.07. The zero-order valence-electron chi connectivity index (χ0n) is 7.08. The van der Waals surface area contributed by atoms with Crippen LogP contribution in [0.4, 0.5) is 0 Å². The Morgan fingerprint density at radius 1 is 1.45 bits per heavy atom. The molecule has 0 aromatic heterocycles. The van der Waals surface area contributed by atoms with E-state index >= 15 is 0 Å². The molecule has 0 amide bonds. The van der Waals surface area contributed by atoms with Gasteiger partial charge >= 0.3 is 0 Å². The standard InChI is InChI=1S/C8H16O3/c1-6(2)8(11)4-3-7(10)5-9/h6-7,9-10H,3-5H2,1-2H3/t7-/m1/s1. The highest BCUT2D eigenvalue weighted by atomic mass is 16.3. The quantitative estimate of drug-likeness (QED) is 0.610. The molecule has 0 aliphatic heterocycles. The van der Waals surface area contributed by atoms with Crippen LogP contribution in [0.15, 0.2) is 0 Å². The Hall–Kier alpha value is -0.410. The fourth-order valence-electron chi connectivity index (χ4n) is 0.689. The molecule has 0 heterocycles. The minimum atomic E-state index is -0.738. The van der Waals surface area contributed by atoms with Gasteiger partial charge in [0.15, 0.2) is 0 Å². The second-order valence-electron chi connectivity index (χ2n) is 3.00. The number of aliphatic hydroxyl groups is 2. The van der Waals surface area contributed by atoms with E-state index < -0.39 is 6.10 Å². The molecule has 0 fully saturated rings. The lowest BCUT2D eigenvalue weighted by Crippen LogP contribution is -2.15. The van der Waals surface area contributed by atoms with E-state index in [1.165, 1.54) is 0 Å². The van der Waals surface area contributed by atoms with Gasteiger partial charge in [0.25, 0.3) is 0 Å². The van der Waals surface area contributed by atoms with Gasteiger partial charge in [-0.3, -0.25) is 4.79 Å². The average Bonchev–Trinajstić information content (AvgIpc) is 1.99. The SMILES string of the molecule is CC(C)C(=O)CC[C@@H](O)CO. The number of hydrogen-bond acceptors (Lipinski definition) is 3. The molecule has 0 saturated carbocycles. The summed E-state index contributed by atoms with van der Waals surface area (Å²) in [6.07, 6.45) is -0.00917. The highest BCUT2D eigenvalue weighted by Crippen LogP contribution is 2.03. The van der Waals surface area contributed by atoms with Crippen molar-refractivity contribution in [2.45, 2.75) is 32.8 Å². The van der Waals surface area contributed by atoms with Crippen LogP contribution in [0.1, 0.15) is 26.7 Å². The first-order valence-electron chi connectivity index (χ1n) is 3.89. The van der Waals surface area contributed by atoms with Gasteiger partial charge in [0.05, 0.1) is 12.7 Å². The molecule has 0 aliphatic carbocycles. The largest absolute Gasteiger partial charge is 0.394 e. The summed E-state index contributed by atoms with van der Waals surface area (Å²) < 4.78 is 0. The molecule has 66 valence electrons.